The molecule has 7 heteroatoms. The van der Waals surface area contributed by atoms with E-state index in [9.17, 15) is 9.59 Å². The van der Waals surface area contributed by atoms with Crippen molar-refractivity contribution in [3.8, 4) is 0 Å². The lowest BCUT2D eigenvalue weighted by molar-refractivity contribution is -0.130. The van der Waals surface area contributed by atoms with Gasteiger partial charge in [0, 0.05) is 51.4 Å². The Bertz CT molecular complexity index is 968. The maximum atomic E-state index is 12.9. The summed E-state index contributed by atoms with van der Waals surface area (Å²) in [6.45, 7) is 2.20. The normalized spacial score (nSPS) is 16.7. The van der Waals surface area contributed by atoms with Gasteiger partial charge in [0.05, 0.1) is 10.2 Å². The van der Waals surface area contributed by atoms with Gasteiger partial charge in [-0.05, 0) is 54.8 Å². The van der Waals surface area contributed by atoms with Crippen LogP contribution in [0.15, 0.2) is 41.9 Å². The number of rotatable bonds is 7. The summed E-state index contributed by atoms with van der Waals surface area (Å²) in [7, 11) is 1.86. The number of carbonyl (C=O) groups is 2. The van der Waals surface area contributed by atoms with Gasteiger partial charge >= 0.3 is 0 Å². The molecule has 3 aromatic rings. The Morgan fingerprint density at radius 1 is 1.33 bits per heavy atom. The average molecular weight is 425 g/mol. The van der Waals surface area contributed by atoms with Crippen LogP contribution >= 0.6 is 11.3 Å². The first-order valence-corrected chi connectivity index (χ1v) is 11.5. The molecular formula is C23H28N4O2S. The zero-order valence-corrected chi connectivity index (χ0v) is 18.2. The Morgan fingerprint density at radius 3 is 3.03 bits per heavy atom. The van der Waals surface area contributed by atoms with Crippen LogP contribution in [-0.4, -0.2) is 58.3 Å². The summed E-state index contributed by atoms with van der Waals surface area (Å²) >= 11 is 1.64. The van der Waals surface area contributed by atoms with E-state index in [0.717, 1.165) is 54.7 Å². The van der Waals surface area contributed by atoms with Crippen LogP contribution in [0, 0.1) is 5.92 Å². The van der Waals surface area contributed by atoms with Gasteiger partial charge in [-0.25, -0.2) is 0 Å². The van der Waals surface area contributed by atoms with Crippen LogP contribution in [0.3, 0.4) is 0 Å². The van der Waals surface area contributed by atoms with Gasteiger partial charge in [-0.2, -0.15) is 0 Å². The van der Waals surface area contributed by atoms with Crippen LogP contribution in [0.4, 0.5) is 0 Å². The summed E-state index contributed by atoms with van der Waals surface area (Å²) in [5.41, 5.74) is 2.70. The Hall–Kier alpha value is -2.67. The summed E-state index contributed by atoms with van der Waals surface area (Å²) in [4.78, 5) is 36.7. The van der Waals surface area contributed by atoms with Gasteiger partial charge in [0.25, 0.3) is 5.91 Å². The third-order valence-corrected chi connectivity index (χ3v) is 6.76. The van der Waals surface area contributed by atoms with Crippen molar-refractivity contribution in [2.24, 2.45) is 5.92 Å². The van der Waals surface area contributed by atoms with Crippen LogP contribution in [0.1, 0.15) is 41.9 Å². The lowest BCUT2D eigenvalue weighted by atomic mass is 9.93. The highest BCUT2D eigenvalue weighted by Crippen LogP contribution is 2.25. The molecule has 2 amide bonds. The van der Waals surface area contributed by atoms with Crippen molar-refractivity contribution < 1.29 is 9.59 Å². The molecular weight excluding hydrogens is 396 g/mol. The Labute approximate surface area is 180 Å². The number of hydrogen-bond donors (Lipinski definition) is 1. The van der Waals surface area contributed by atoms with Crippen molar-refractivity contribution in [3.05, 3.63) is 53.3 Å². The highest BCUT2D eigenvalue weighted by Gasteiger charge is 2.26. The van der Waals surface area contributed by atoms with Crippen molar-refractivity contribution in [3.63, 3.8) is 0 Å². The zero-order valence-electron chi connectivity index (χ0n) is 17.3. The third-order valence-electron chi connectivity index (χ3n) is 5.90. The average Bonchev–Trinajstić information content (AvgIpc) is 3.38. The van der Waals surface area contributed by atoms with Crippen molar-refractivity contribution in [2.75, 3.05) is 26.7 Å². The minimum atomic E-state index is 0.0712. The number of hydrogen-bond acceptors (Lipinski definition) is 4. The van der Waals surface area contributed by atoms with Gasteiger partial charge < -0.3 is 14.8 Å². The highest BCUT2D eigenvalue weighted by molar-refractivity contribution is 7.17. The first-order valence-electron chi connectivity index (χ1n) is 10.6. The lowest BCUT2D eigenvalue weighted by Crippen LogP contribution is -2.40. The molecule has 1 saturated heterocycles. The number of H-pyrrole nitrogens is 1. The fourth-order valence-electron chi connectivity index (χ4n) is 4.09. The third kappa shape index (κ3) is 4.90. The van der Waals surface area contributed by atoms with Crippen molar-refractivity contribution in [1.82, 2.24) is 19.8 Å². The van der Waals surface area contributed by atoms with Crippen molar-refractivity contribution >= 4 is 33.4 Å². The van der Waals surface area contributed by atoms with E-state index in [1.165, 1.54) is 0 Å². The summed E-state index contributed by atoms with van der Waals surface area (Å²) < 4.78 is 1.12. The second-order valence-electron chi connectivity index (χ2n) is 8.07. The van der Waals surface area contributed by atoms with Gasteiger partial charge in [0.15, 0.2) is 0 Å². The van der Waals surface area contributed by atoms with Crippen LogP contribution in [0.2, 0.25) is 0 Å². The largest absolute Gasteiger partial charge is 0.350 e. The van der Waals surface area contributed by atoms with Crippen LogP contribution in [-0.2, 0) is 11.2 Å². The monoisotopic (exact) mass is 424 g/mol. The van der Waals surface area contributed by atoms with E-state index in [2.05, 4.69) is 9.97 Å². The number of likely N-dealkylation sites (N-methyl/N-ethyl adjacent to an activating group) is 1. The van der Waals surface area contributed by atoms with E-state index in [-0.39, 0.29) is 11.8 Å². The maximum absolute atomic E-state index is 12.9. The fourth-order valence-corrected chi connectivity index (χ4v) is 4.87. The van der Waals surface area contributed by atoms with Gasteiger partial charge in [0.2, 0.25) is 5.91 Å². The first kappa shape index (κ1) is 20.6. The molecule has 1 fully saturated rings. The number of likely N-dealkylation sites (tertiary alicyclic amines) is 1. The topological polar surface area (TPSA) is 69.3 Å². The molecule has 0 aliphatic carbocycles. The van der Waals surface area contributed by atoms with E-state index in [1.807, 2.05) is 47.7 Å². The van der Waals surface area contributed by atoms with Crippen molar-refractivity contribution in [2.45, 2.75) is 32.1 Å². The molecule has 4 heterocycles. The number of pyridine rings is 1. The summed E-state index contributed by atoms with van der Waals surface area (Å²) in [6.07, 6.45) is 5.98. The summed E-state index contributed by atoms with van der Waals surface area (Å²) in [6, 6.07) is 9.81. The lowest BCUT2D eigenvalue weighted by Gasteiger charge is -2.32. The number of carbonyl (C=O) groups excluding carboxylic acids is 2. The molecule has 4 rings (SSSR count). The second kappa shape index (κ2) is 9.43. The minimum absolute atomic E-state index is 0.0712. The highest BCUT2D eigenvalue weighted by atomic mass is 32.1. The number of aromatic nitrogens is 2. The molecule has 3 aromatic heterocycles. The van der Waals surface area contributed by atoms with E-state index >= 15 is 0 Å². The minimum Gasteiger partial charge on any atom is -0.350 e. The molecule has 0 bridgehead atoms. The van der Waals surface area contributed by atoms with Gasteiger partial charge in [-0.15, -0.1) is 11.3 Å². The number of fused-ring (bicyclic) bond motifs is 1. The van der Waals surface area contributed by atoms with E-state index in [4.69, 9.17) is 0 Å². The molecule has 0 radical (unpaired) electrons. The Kier molecular flexibility index (Phi) is 6.47. The summed E-state index contributed by atoms with van der Waals surface area (Å²) in [5, 5.41) is 2.02. The Balaban J connectivity index is 1.24. The van der Waals surface area contributed by atoms with Crippen LogP contribution in [0.25, 0.3) is 10.2 Å². The predicted molar refractivity (Wildman–Crippen MR) is 120 cm³/mol. The first-order chi connectivity index (χ1) is 14.6. The van der Waals surface area contributed by atoms with Crippen LogP contribution < -0.4 is 0 Å². The van der Waals surface area contributed by atoms with Gasteiger partial charge in [0.1, 0.15) is 5.69 Å². The number of aromatic amines is 1. The van der Waals surface area contributed by atoms with E-state index < -0.39 is 0 Å². The number of nitrogens with zero attached hydrogens (tertiary/aromatic N) is 3. The molecule has 0 spiro atoms. The molecule has 30 heavy (non-hydrogen) atoms. The quantitative estimate of drug-likeness (QED) is 0.624. The molecule has 6 nitrogen and oxygen atoms in total. The molecule has 1 atom stereocenters. The molecule has 1 aliphatic heterocycles. The number of nitrogens with one attached hydrogen (secondary N) is 1. The number of piperidine rings is 1. The second-order valence-corrected chi connectivity index (χ2v) is 9.01. The molecule has 1 N–H and O–H groups in total. The SMILES string of the molecule is CN(CCc1ccccn1)C(=O)CC[C@H]1CCCN(C(=O)c2cc3sccc3[nH]2)C1. The Morgan fingerprint density at radius 2 is 2.23 bits per heavy atom. The predicted octanol–water partition coefficient (Wildman–Crippen LogP) is 3.96. The molecule has 1 aliphatic rings. The van der Waals surface area contributed by atoms with Crippen LogP contribution in [0.5, 0.6) is 0 Å². The van der Waals surface area contributed by atoms with Crippen molar-refractivity contribution in [1.29, 1.82) is 0 Å². The summed E-state index contributed by atoms with van der Waals surface area (Å²) in [5.74, 6) is 0.618. The maximum Gasteiger partial charge on any atom is 0.270 e. The molecule has 0 unspecified atom stereocenters. The number of thiophene rings is 1. The smallest absolute Gasteiger partial charge is 0.270 e. The molecule has 0 saturated carbocycles. The molecule has 0 aromatic carbocycles. The zero-order chi connectivity index (χ0) is 20.9. The van der Waals surface area contributed by atoms with E-state index in [1.54, 1.807) is 22.4 Å². The van der Waals surface area contributed by atoms with E-state index in [0.29, 0.717) is 24.6 Å². The number of amides is 2. The standard InChI is InChI=1S/C23H28N4O2S/c1-26(13-9-18-6-2-3-11-24-18)22(28)8-7-17-5-4-12-27(16-17)23(29)20-15-21-19(25-20)10-14-30-21/h2-3,6,10-11,14-15,17,25H,4-5,7-9,12-13,16H2,1H3/t17-/m1/s1. The molecule has 158 valence electrons. The fraction of sp³-hybridized carbons (Fsp3) is 0.435. The van der Waals surface area contributed by atoms with Gasteiger partial charge in [-0.1, -0.05) is 6.07 Å². The van der Waals surface area contributed by atoms with Gasteiger partial charge in [-0.3, -0.25) is 14.6 Å².